The fourth-order valence-electron chi connectivity index (χ4n) is 4.77. The smallest absolute Gasteiger partial charge is 0.325 e. The molecule has 164 valence electrons. The number of amides is 1. The number of rotatable bonds is 8. The zero-order chi connectivity index (χ0) is 21.6. The summed E-state index contributed by atoms with van der Waals surface area (Å²) in [5.41, 5.74) is 4.51. The summed E-state index contributed by atoms with van der Waals surface area (Å²) in [6.07, 6.45) is 7.12. The average Bonchev–Trinajstić information content (AvgIpc) is 3.27. The van der Waals surface area contributed by atoms with Gasteiger partial charge >= 0.3 is 5.97 Å². The maximum absolute atomic E-state index is 12.6. The van der Waals surface area contributed by atoms with E-state index in [1.807, 2.05) is 35.2 Å². The third-order valence-corrected chi connectivity index (χ3v) is 6.45. The third-order valence-electron chi connectivity index (χ3n) is 6.45. The number of likely N-dealkylation sites (tertiary alicyclic amines) is 1. The van der Waals surface area contributed by atoms with E-state index in [2.05, 4.69) is 17.4 Å². The van der Waals surface area contributed by atoms with Crippen molar-refractivity contribution in [3.63, 3.8) is 0 Å². The maximum atomic E-state index is 12.6. The lowest BCUT2D eigenvalue weighted by Gasteiger charge is -2.24. The summed E-state index contributed by atoms with van der Waals surface area (Å²) in [5, 5.41) is 12.8. The van der Waals surface area contributed by atoms with Crippen LogP contribution < -0.4 is 5.32 Å². The van der Waals surface area contributed by atoms with Crippen molar-refractivity contribution in [3.8, 4) is 0 Å². The van der Waals surface area contributed by atoms with Crippen molar-refractivity contribution in [2.75, 3.05) is 19.6 Å². The van der Waals surface area contributed by atoms with Crippen LogP contribution in [-0.2, 0) is 28.9 Å². The first-order chi connectivity index (χ1) is 15.1. The van der Waals surface area contributed by atoms with Gasteiger partial charge in [0, 0.05) is 31.0 Å². The first-order valence-corrected chi connectivity index (χ1v) is 11.4. The van der Waals surface area contributed by atoms with Crippen LogP contribution >= 0.6 is 0 Å². The Bertz CT molecular complexity index is 915. The van der Waals surface area contributed by atoms with Crippen molar-refractivity contribution < 1.29 is 14.7 Å². The summed E-state index contributed by atoms with van der Waals surface area (Å²) < 4.78 is 0. The summed E-state index contributed by atoms with van der Waals surface area (Å²) in [5.74, 6) is -1.00. The Balaban J connectivity index is 1.24. The van der Waals surface area contributed by atoms with Gasteiger partial charge < -0.3 is 10.4 Å². The number of hydrogen-bond donors (Lipinski definition) is 2. The standard InChI is InChI=1S/C25H31N3O3/c29-24(26-15-6-10-21-13-12-18-7-4-5-11-22(18)27-21)20-14-16-28(17-20)23(25(30)31)19-8-2-1-3-9-19/h1-3,8-9,12-13,20,23H,4-7,10-11,14-17H2,(H,26,29)(H,30,31)/t20-,23?/m1/s1. The molecule has 1 aliphatic carbocycles. The molecule has 0 saturated carbocycles. The number of carbonyl (C=O) groups excluding carboxylic acids is 1. The Labute approximate surface area is 183 Å². The van der Waals surface area contributed by atoms with E-state index in [-0.39, 0.29) is 11.8 Å². The molecule has 1 amide bonds. The lowest BCUT2D eigenvalue weighted by molar-refractivity contribution is -0.143. The van der Waals surface area contributed by atoms with Crippen molar-refractivity contribution in [2.45, 2.75) is 51.0 Å². The van der Waals surface area contributed by atoms with Crippen LogP contribution in [0.5, 0.6) is 0 Å². The molecule has 1 aliphatic heterocycles. The van der Waals surface area contributed by atoms with Gasteiger partial charge in [-0.05, 0) is 62.1 Å². The highest BCUT2D eigenvalue weighted by Gasteiger charge is 2.36. The molecule has 1 aromatic heterocycles. The van der Waals surface area contributed by atoms with E-state index < -0.39 is 12.0 Å². The molecule has 6 nitrogen and oxygen atoms in total. The van der Waals surface area contributed by atoms with Gasteiger partial charge in [-0.25, -0.2) is 0 Å². The number of pyridine rings is 1. The molecule has 2 heterocycles. The molecule has 4 rings (SSSR count). The second kappa shape index (κ2) is 10.1. The van der Waals surface area contributed by atoms with Gasteiger partial charge in [0.2, 0.25) is 5.91 Å². The van der Waals surface area contributed by atoms with Gasteiger partial charge in [-0.3, -0.25) is 19.5 Å². The predicted molar refractivity (Wildman–Crippen MR) is 119 cm³/mol. The molecule has 31 heavy (non-hydrogen) atoms. The summed E-state index contributed by atoms with van der Waals surface area (Å²) >= 11 is 0. The minimum atomic E-state index is -0.871. The quantitative estimate of drug-likeness (QED) is 0.640. The molecule has 2 N–H and O–H groups in total. The van der Waals surface area contributed by atoms with E-state index in [1.165, 1.54) is 24.1 Å². The number of nitrogens with one attached hydrogen (secondary N) is 1. The lowest BCUT2D eigenvalue weighted by atomic mass is 9.95. The number of carboxylic acids is 1. The first-order valence-electron chi connectivity index (χ1n) is 11.4. The number of carbonyl (C=O) groups is 2. The van der Waals surface area contributed by atoms with Crippen LogP contribution in [0.4, 0.5) is 0 Å². The Morgan fingerprint density at radius 1 is 1.13 bits per heavy atom. The summed E-state index contributed by atoms with van der Waals surface area (Å²) in [6.45, 7) is 1.71. The van der Waals surface area contributed by atoms with Gasteiger partial charge in [-0.2, -0.15) is 0 Å². The second-order valence-electron chi connectivity index (χ2n) is 8.64. The number of benzene rings is 1. The van der Waals surface area contributed by atoms with E-state index >= 15 is 0 Å². The van der Waals surface area contributed by atoms with Gasteiger partial charge in [0.1, 0.15) is 6.04 Å². The van der Waals surface area contributed by atoms with Crippen molar-refractivity contribution in [3.05, 3.63) is 65.0 Å². The normalized spacial score (nSPS) is 19.5. The highest BCUT2D eigenvalue weighted by Crippen LogP contribution is 2.28. The summed E-state index contributed by atoms with van der Waals surface area (Å²) in [6, 6.07) is 12.9. The molecule has 0 radical (unpaired) electrons. The SMILES string of the molecule is O=C(O)C(c1ccccc1)N1CC[C@@H](C(=O)NCCCc2ccc3c(n2)CCCC3)C1. The minimum absolute atomic E-state index is 0.0260. The highest BCUT2D eigenvalue weighted by atomic mass is 16.4. The number of aromatic nitrogens is 1. The summed E-state index contributed by atoms with van der Waals surface area (Å²) in [4.78, 5) is 31.2. The van der Waals surface area contributed by atoms with Crippen molar-refractivity contribution >= 4 is 11.9 Å². The molecule has 2 atom stereocenters. The van der Waals surface area contributed by atoms with E-state index in [0.717, 1.165) is 36.9 Å². The van der Waals surface area contributed by atoms with E-state index in [0.29, 0.717) is 26.1 Å². The van der Waals surface area contributed by atoms with Crippen molar-refractivity contribution in [1.82, 2.24) is 15.2 Å². The van der Waals surface area contributed by atoms with Crippen LogP contribution in [0.2, 0.25) is 0 Å². The first kappa shape index (κ1) is 21.5. The number of aryl methyl sites for hydroxylation is 3. The monoisotopic (exact) mass is 421 g/mol. The molecule has 6 heteroatoms. The zero-order valence-electron chi connectivity index (χ0n) is 17.9. The highest BCUT2D eigenvalue weighted by molar-refractivity contribution is 5.80. The Kier molecular flexibility index (Phi) is 6.97. The molecule has 2 aromatic rings. The van der Waals surface area contributed by atoms with Gasteiger partial charge in [-0.15, -0.1) is 0 Å². The minimum Gasteiger partial charge on any atom is -0.480 e. The van der Waals surface area contributed by atoms with Crippen LogP contribution in [-0.4, -0.2) is 46.5 Å². The molecule has 0 bridgehead atoms. The Morgan fingerprint density at radius 2 is 1.94 bits per heavy atom. The molecular formula is C25H31N3O3. The fourth-order valence-corrected chi connectivity index (χ4v) is 4.77. The van der Waals surface area contributed by atoms with Crippen molar-refractivity contribution in [1.29, 1.82) is 0 Å². The van der Waals surface area contributed by atoms with Crippen LogP contribution in [0.25, 0.3) is 0 Å². The fraction of sp³-hybridized carbons (Fsp3) is 0.480. The third kappa shape index (κ3) is 5.31. The van der Waals surface area contributed by atoms with Gasteiger partial charge in [0.15, 0.2) is 0 Å². The van der Waals surface area contributed by atoms with Crippen LogP contribution in [0.3, 0.4) is 0 Å². The largest absolute Gasteiger partial charge is 0.480 e. The van der Waals surface area contributed by atoms with Gasteiger partial charge in [0.05, 0.1) is 5.92 Å². The van der Waals surface area contributed by atoms with Gasteiger partial charge in [-0.1, -0.05) is 36.4 Å². The Morgan fingerprint density at radius 3 is 2.74 bits per heavy atom. The molecule has 1 fully saturated rings. The molecule has 0 spiro atoms. The van der Waals surface area contributed by atoms with Crippen LogP contribution in [0.15, 0.2) is 42.5 Å². The predicted octanol–water partition coefficient (Wildman–Crippen LogP) is 3.16. The second-order valence-corrected chi connectivity index (χ2v) is 8.64. The number of fused-ring (bicyclic) bond motifs is 1. The zero-order valence-corrected chi connectivity index (χ0v) is 17.9. The average molecular weight is 422 g/mol. The number of nitrogens with zero attached hydrogens (tertiary/aromatic N) is 2. The molecule has 1 saturated heterocycles. The lowest BCUT2D eigenvalue weighted by Crippen LogP contribution is -2.36. The van der Waals surface area contributed by atoms with Gasteiger partial charge in [0.25, 0.3) is 0 Å². The van der Waals surface area contributed by atoms with Crippen LogP contribution in [0, 0.1) is 5.92 Å². The molecule has 2 aliphatic rings. The van der Waals surface area contributed by atoms with E-state index in [9.17, 15) is 14.7 Å². The topological polar surface area (TPSA) is 82.5 Å². The number of hydrogen-bond acceptors (Lipinski definition) is 4. The molecule has 1 aromatic carbocycles. The van der Waals surface area contributed by atoms with E-state index in [1.54, 1.807) is 0 Å². The number of carboxylic acid groups (broad SMARTS) is 1. The number of aliphatic carboxylic acids is 1. The molecular weight excluding hydrogens is 390 g/mol. The van der Waals surface area contributed by atoms with Crippen LogP contribution in [0.1, 0.15) is 54.2 Å². The summed E-state index contributed by atoms with van der Waals surface area (Å²) in [7, 11) is 0. The maximum Gasteiger partial charge on any atom is 0.325 e. The molecule has 1 unspecified atom stereocenters. The van der Waals surface area contributed by atoms with Crippen molar-refractivity contribution in [2.24, 2.45) is 5.92 Å². The Hall–Kier alpha value is -2.73. The van der Waals surface area contributed by atoms with E-state index in [4.69, 9.17) is 4.98 Å².